The van der Waals surface area contributed by atoms with Gasteiger partial charge in [-0.15, -0.1) is 0 Å². The number of nitrogens with one attached hydrogen (secondary N) is 1. The molecule has 0 spiro atoms. The van der Waals surface area contributed by atoms with E-state index in [1.54, 1.807) is 6.07 Å². The van der Waals surface area contributed by atoms with Crippen LogP contribution in [-0.4, -0.2) is 11.7 Å². The van der Waals surface area contributed by atoms with Crippen molar-refractivity contribution in [1.29, 1.82) is 0 Å². The fraction of sp³-hybridized carbons (Fsp3) is 0.333. The lowest BCUT2D eigenvalue weighted by Crippen LogP contribution is -2.32. The summed E-state index contributed by atoms with van der Waals surface area (Å²) < 4.78 is 0. The average molecular weight is 269 g/mol. The predicted molar refractivity (Wildman–Crippen MR) is 84.0 cm³/mol. The minimum Gasteiger partial charge on any atom is -0.508 e. The van der Waals surface area contributed by atoms with Gasteiger partial charge in [-0.2, -0.15) is 0 Å². The highest BCUT2D eigenvalue weighted by molar-refractivity contribution is 5.35. The Kier molecular flexibility index (Phi) is 4.46. The lowest BCUT2D eigenvalue weighted by Gasteiger charge is -2.26. The van der Waals surface area contributed by atoms with Gasteiger partial charge in [0.1, 0.15) is 5.75 Å². The lowest BCUT2D eigenvalue weighted by molar-refractivity contribution is 0.446. The molecule has 0 aliphatic heterocycles. The van der Waals surface area contributed by atoms with Crippen molar-refractivity contribution in [1.82, 2.24) is 5.32 Å². The summed E-state index contributed by atoms with van der Waals surface area (Å²) in [7, 11) is 0. The van der Waals surface area contributed by atoms with E-state index in [1.165, 1.54) is 11.1 Å². The highest BCUT2D eigenvalue weighted by Gasteiger charge is 2.19. The monoisotopic (exact) mass is 269 g/mol. The van der Waals surface area contributed by atoms with Crippen LogP contribution in [0.2, 0.25) is 0 Å². The van der Waals surface area contributed by atoms with Gasteiger partial charge in [-0.05, 0) is 18.6 Å². The van der Waals surface area contributed by atoms with E-state index in [4.69, 9.17) is 0 Å². The second-order valence-corrected chi connectivity index (χ2v) is 5.99. The molecule has 0 unspecified atom stereocenters. The van der Waals surface area contributed by atoms with E-state index in [0.717, 1.165) is 12.1 Å². The van der Waals surface area contributed by atoms with E-state index in [-0.39, 0.29) is 5.41 Å². The summed E-state index contributed by atoms with van der Waals surface area (Å²) in [6.07, 6.45) is 0. The molecular weight excluding hydrogens is 246 g/mol. The van der Waals surface area contributed by atoms with Crippen LogP contribution in [-0.2, 0) is 12.0 Å². The fourth-order valence-electron chi connectivity index (χ4n) is 2.36. The van der Waals surface area contributed by atoms with E-state index < -0.39 is 0 Å². The summed E-state index contributed by atoms with van der Waals surface area (Å²) in [5.41, 5.74) is 3.51. The minimum absolute atomic E-state index is 0.0701. The molecule has 2 aromatic carbocycles. The molecule has 0 aliphatic rings. The Morgan fingerprint density at radius 3 is 2.45 bits per heavy atom. The molecule has 0 bridgehead atoms. The van der Waals surface area contributed by atoms with E-state index in [0.29, 0.717) is 12.3 Å². The van der Waals surface area contributed by atoms with Crippen molar-refractivity contribution in [2.45, 2.75) is 32.7 Å². The van der Waals surface area contributed by atoms with Crippen molar-refractivity contribution in [3.05, 3.63) is 65.2 Å². The van der Waals surface area contributed by atoms with Crippen LogP contribution >= 0.6 is 0 Å². The molecule has 0 aliphatic carbocycles. The Balaban J connectivity index is 1.97. The Hall–Kier alpha value is -1.80. The third-order valence-corrected chi connectivity index (χ3v) is 3.67. The van der Waals surface area contributed by atoms with E-state index in [9.17, 15) is 5.11 Å². The van der Waals surface area contributed by atoms with Crippen LogP contribution in [0, 0.1) is 6.92 Å². The van der Waals surface area contributed by atoms with Gasteiger partial charge in [-0.3, -0.25) is 0 Å². The number of rotatable bonds is 5. The summed E-state index contributed by atoms with van der Waals surface area (Å²) in [6.45, 7) is 8.04. The number of aromatic hydroxyl groups is 1. The largest absolute Gasteiger partial charge is 0.508 e. The molecule has 0 saturated carbocycles. The zero-order chi connectivity index (χ0) is 14.6. The van der Waals surface area contributed by atoms with Gasteiger partial charge in [0.15, 0.2) is 0 Å². The molecular formula is C18H23NO. The number of phenols is 1. The van der Waals surface area contributed by atoms with Crippen LogP contribution < -0.4 is 5.32 Å². The third-order valence-electron chi connectivity index (χ3n) is 3.67. The van der Waals surface area contributed by atoms with E-state index in [2.05, 4.69) is 43.4 Å². The Morgan fingerprint density at radius 2 is 1.75 bits per heavy atom. The Labute approximate surface area is 121 Å². The van der Waals surface area contributed by atoms with Crippen LogP contribution in [0.15, 0.2) is 48.5 Å². The topological polar surface area (TPSA) is 32.3 Å². The molecule has 20 heavy (non-hydrogen) atoms. The first-order valence-electron chi connectivity index (χ1n) is 7.04. The van der Waals surface area contributed by atoms with Crippen molar-refractivity contribution in [3.63, 3.8) is 0 Å². The summed E-state index contributed by atoms with van der Waals surface area (Å²) in [5.74, 6) is 0.362. The van der Waals surface area contributed by atoms with Crippen LogP contribution in [0.25, 0.3) is 0 Å². The number of benzene rings is 2. The highest BCUT2D eigenvalue weighted by atomic mass is 16.3. The highest BCUT2D eigenvalue weighted by Crippen LogP contribution is 2.23. The van der Waals surface area contributed by atoms with Gasteiger partial charge in [-0.25, -0.2) is 0 Å². The minimum atomic E-state index is 0.0701. The van der Waals surface area contributed by atoms with Gasteiger partial charge in [-0.1, -0.05) is 61.9 Å². The van der Waals surface area contributed by atoms with Gasteiger partial charge in [0.2, 0.25) is 0 Å². The van der Waals surface area contributed by atoms with Crippen LogP contribution in [0.4, 0.5) is 0 Å². The van der Waals surface area contributed by atoms with Gasteiger partial charge in [0.05, 0.1) is 0 Å². The van der Waals surface area contributed by atoms with Gasteiger partial charge in [0, 0.05) is 24.1 Å². The molecule has 106 valence electrons. The summed E-state index contributed by atoms with van der Waals surface area (Å²) in [6, 6.07) is 16.2. The Morgan fingerprint density at radius 1 is 1.05 bits per heavy atom. The first kappa shape index (κ1) is 14.6. The second kappa shape index (κ2) is 6.10. The molecule has 2 nitrogen and oxygen atoms in total. The number of phenolic OH excluding ortho intramolecular Hbond substituents is 1. The normalized spacial score (nSPS) is 11.6. The lowest BCUT2D eigenvalue weighted by atomic mass is 9.84. The molecule has 0 saturated heterocycles. The maximum absolute atomic E-state index is 9.84. The van der Waals surface area contributed by atoms with Crippen LogP contribution in [0.1, 0.15) is 30.5 Å². The number of hydrogen-bond acceptors (Lipinski definition) is 2. The molecule has 0 aromatic heterocycles. The SMILES string of the molecule is Cc1ccc(O)c(CNCC(C)(C)c2ccccc2)c1. The maximum Gasteiger partial charge on any atom is 0.120 e. The molecule has 2 N–H and O–H groups in total. The predicted octanol–water partition coefficient (Wildman–Crippen LogP) is 3.77. The van der Waals surface area contributed by atoms with Crippen LogP contribution in [0.3, 0.4) is 0 Å². The number of hydrogen-bond donors (Lipinski definition) is 2. The molecule has 2 heteroatoms. The molecule has 0 atom stereocenters. The third kappa shape index (κ3) is 3.61. The van der Waals surface area contributed by atoms with Crippen molar-refractivity contribution in [2.24, 2.45) is 0 Å². The maximum atomic E-state index is 9.84. The molecule has 0 radical (unpaired) electrons. The van der Waals surface area contributed by atoms with Gasteiger partial charge >= 0.3 is 0 Å². The molecule has 0 heterocycles. The fourth-order valence-corrected chi connectivity index (χ4v) is 2.36. The summed E-state index contributed by atoms with van der Waals surface area (Å²) in [5, 5.41) is 13.3. The first-order chi connectivity index (χ1) is 9.49. The molecule has 0 amide bonds. The van der Waals surface area contributed by atoms with E-state index >= 15 is 0 Å². The first-order valence-corrected chi connectivity index (χ1v) is 7.04. The smallest absolute Gasteiger partial charge is 0.120 e. The van der Waals surface area contributed by atoms with Gasteiger partial charge < -0.3 is 10.4 Å². The van der Waals surface area contributed by atoms with Crippen molar-refractivity contribution in [2.75, 3.05) is 6.54 Å². The van der Waals surface area contributed by atoms with Gasteiger partial charge in [0.25, 0.3) is 0 Å². The molecule has 0 fully saturated rings. The van der Waals surface area contributed by atoms with Crippen molar-refractivity contribution < 1.29 is 5.11 Å². The van der Waals surface area contributed by atoms with Crippen molar-refractivity contribution >= 4 is 0 Å². The molecule has 2 rings (SSSR count). The second-order valence-electron chi connectivity index (χ2n) is 5.99. The quantitative estimate of drug-likeness (QED) is 0.866. The summed E-state index contributed by atoms with van der Waals surface area (Å²) >= 11 is 0. The Bertz CT molecular complexity index is 561. The van der Waals surface area contributed by atoms with Crippen LogP contribution in [0.5, 0.6) is 5.75 Å². The summed E-state index contributed by atoms with van der Waals surface area (Å²) in [4.78, 5) is 0. The van der Waals surface area contributed by atoms with E-state index in [1.807, 2.05) is 25.1 Å². The molecule has 2 aromatic rings. The average Bonchev–Trinajstić information content (AvgIpc) is 2.43. The van der Waals surface area contributed by atoms with Crippen molar-refractivity contribution in [3.8, 4) is 5.75 Å². The zero-order valence-electron chi connectivity index (χ0n) is 12.5. The standard InChI is InChI=1S/C18H23NO/c1-14-9-10-17(20)15(11-14)12-19-13-18(2,3)16-7-5-4-6-8-16/h4-11,19-20H,12-13H2,1-3H3. The zero-order valence-corrected chi connectivity index (χ0v) is 12.5. The number of aryl methyl sites for hydroxylation is 1.